The van der Waals surface area contributed by atoms with E-state index in [0.717, 1.165) is 29.0 Å². The molecule has 1 aliphatic rings. The lowest BCUT2D eigenvalue weighted by Crippen LogP contribution is -2.40. The highest BCUT2D eigenvalue weighted by Gasteiger charge is 2.30. The standard InChI is InChI=1S/C28H23F2NO4/c29-21-6-9-25(30)24(16-21)27(32)19-11-13-31(14-12-19)28(33)26-10-8-23(35-26)17-34-22-7-5-18-3-1-2-4-20(18)15-22/h1-10,15-16,19H,11-14,17H2. The fourth-order valence-electron chi connectivity index (χ4n) is 4.39. The Morgan fingerprint density at radius 3 is 2.49 bits per heavy atom. The molecule has 1 aliphatic heterocycles. The largest absolute Gasteiger partial charge is 0.486 e. The molecule has 0 N–H and O–H groups in total. The predicted molar refractivity (Wildman–Crippen MR) is 126 cm³/mol. The highest BCUT2D eigenvalue weighted by atomic mass is 19.1. The van der Waals surface area contributed by atoms with E-state index >= 15 is 0 Å². The molecule has 0 aliphatic carbocycles. The summed E-state index contributed by atoms with van der Waals surface area (Å²) in [4.78, 5) is 27.1. The number of carbonyl (C=O) groups is 2. The monoisotopic (exact) mass is 475 g/mol. The van der Waals surface area contributed by atoms with Crippen molar-refractivity contribution in [1.29, 1.82) is 0 Å². The van der Waals surface area contributed by atoms with Crippen LogP contribution in [0.15, 0.2) is 77.2 Å². The molecule has 3 aromatic carbocycles. The number of piperidine rings is 1. The third-order valence-corrected chi connectivity index (χ3v) is 6.32. The van der Waals surface area contributed by atoms with Crippen LogP contribution in [0.4, 0.5) is 8.78 Å². The predicted octanol–water partition coefficient (Wildman–Crippen LogP) is 6.03. The molecule has 1 saturated heterocycles. The zero-order valence-electron chi connectivity index (χ0n) is 18.9. The fraction of sp³-hybridized carbons (Fsp3) is 0.214. The summed E-state index contributed by atoms with van der Waals surface area (Å²) in [6.45, 7) is 0.840. The van der Waals surface area contributed by atoms with Gasteiger partial charge in [0.2, 0.25) is 0 Å². The van der Waals surface area contributed by atoms with Gasteiger partial charge in [-0.25, -0.2) is 8.78 Å². The minimum Gasteiger partial charge on any atom is -0.486 e. The van der Waals surface area contributed by atoms with Gasteiger partial charge in [-0.15, -0.1) is 0 Å². The number of fused-ring (bicyclic) bond motifs is 1. The van der Waals surface area contributed by atoms with E-state index in [1.54, 1.807) is 17.0 Å². The highest BCUT2D eigenvalue weighted by molar-refractivity contribution is 5.98. The summed E-state index contributed by atoms with van der Waals surface area (Å²) in [5, 5.41) is 2.19. The molecule has 0 spiro atoms. The summed E-state index contributed by atoms with van der Waals surface area (Å²) in [7, 11) is 0. The molecular weight excluding hydrogens is 452 g/mol. The first-order valence-corrected chi connectivity index (χ1v) is 11.5. The Morgan fingerprint density at radius 2 is 1.69 bits per heavy atom. The molecule has 0 radical (unpaired) electrons. The summed E-state index contributed by atoms with van der Waals surface area (Å²) >= 11 is 0. The summed E-state index contributed by atoms with van der Waals surface area (Å²) in [5.74, 6) is -1.13. The normalized spacial score (nSPS) is 14.3. The minimum absolute atomic E-state index is 0.182. The number of furan rings is 1. The first-order chi connectivity index (χ1) is 17.0. The van der Waals surface area contributed by atoms with E-state index in [1.165, 1.54) is 0 Å². The van der Waals surface area contributed by atoms with Gasteiger partial charge < -0.3 is 14.1 Å². The quantitative estimate of drug-likeness (QED) is 0.320. The van der Waals surface area contributed by atoms with Crippen molar-refractivity contribution < 1.29 is 27.5 Å². The number of benzene rings is 3. The van der Waals surface area contributed by atoms with Crippen LogP contribution in [-0.4, -0.2) is 29.7 Å². The van der Waals surface area contributed by atoms with Crippen LogP contribution >= 0.6 is 0 Å². The lowest BCUT2D eigenvalue weighted by Gasteiger charge is -2.30. The van der Waals surface area contributed by atoms with Crippen molar-refractivity contribution in [1.82, 2.24) is 4.90 Å². The number of ketones is 1. The van der Waals surface area contributed by atoms with Crippen LogP contribution in [0.2, 0.25) is 0 Å². The number of amides is 1. The van der Waals surface area contributed by atoms with Crippen molar-refractivity contribution in [3.63, 3.8) is 0 Å². The van der Waals surface area contributed by atoms with Crippen LogP contribution < -0.4 is 4.74 Å². The number of carbonyl (C=O) groups excluding carboxylic acids is 2. The molecule has 2 heterocycles. The molecule has 1 fully saturated rings. The maximum atomic E-state index is 14.0. The molecule has 1 aromatic heterocycles. The maximum Gasteiger partial charge on any atom is 0.289 e. The van der Waals surface area contributed by atoms with Gasteiger partial charge in [0.25, 0.3) is 5.91 Å². The fourth-order valence-corrected chi connectivity index (χ4v) is 4.39. The number of hydrogen-bond donors (Lipinski definition) is 0. The maximum absolute atomic E-state index is 14.0. The van der Waals surface area contributed by atoms with E-state index in [0.29, 0.717) is 37.4 Å². The second kappa shape index (κ2) is 9.70. The number of halogens is 2. The average Bonchev–Trinajstić information content (AvgIpc) is 3.37. The molecule has 0 unspecified atom stereocenters. The van der Waals surface area contributed by atoms with Gasteiger partial charge in [0, 0.05) is 19.0 Å². The van der Waals surface area contributed by atoms with Crippen molar-refractivity contribution in [2.45, 2.75) is 19.4 Å². The molecule has 0 saturated carbocycles. The van der Waals surface area contributed by atoms with Gasteiger partial charge in [-0.2, -0.15) is 0 Å². The molecule has 5 rings (SSSR count). The van der Waals surface area contributed by atoms with Gasteiger partial charge in [-0.3, -0.25) is 9.59 Å². The molecule has 7 heteroatoms. The molecule has 0 atom stereocenters. The van der Waals surface area contributed by atoms with E-state index < -0.39 is 23.3 Å². The molecule has 35 heavy (non-hydrogen) atoms. The van der Waals surface area contributed by atoms with Crippen molar-refractivity contribution in [2.24, 2.45) is 5.92 Å². The summed E-state index contributed by atoms with van der Waals surface area (Å²) in [6.07, 6.45) is 0.748. The molecule has 178 valence electrons. The van der Waals surface area contributed by atoms with Crippen LogP contribution in [-0.2, 0) is 6.61 Å². The van der Waals surface area contributed by atoms with Crippen molar-refractivity contribution >= 4 is 22.5 Å². The zero-order valence-corrected chi connectivity index (χ0v) is 18.9. The van der Waals surface area contributed by atoms with Crippen LogP contribution in [0, 0.1) is 17.6 Å². The number of nitrogens with zero attached hydrogens (tertiary/aromatic N) is 1. The number of hydrogen-bond acceptors (Lipinski definition) is 4. The SMILES string of the molecule is O=C(c1cc(F)ccc1F)C1CCN(C(=O)c2ccc(COc3ccc4ccccc4c3)o2)CC1. The zero-order chi connectivity index (χ0) is 24.4. The summed E-state index contributed by atoms with van der Waals surface area (Å²) in [6, 6.07) is 20.0. The average molecular weight is 475 g/mol. The molecule has 4 aromatic rings. The van der Waals surface area contributed by atoms with Crippen LogP contribution in [0.3, 0.4) is 0 Å². The van der Waals surface area contributed by atoms with Gasteiger partial charge in [0.1, 0.15) is 29.8 Å². The second-order valence-corrected chi connectivity index (χ2v) is 8.62. The van der Waals surface area contributed by atoms with E-state index in [1.807, 2.05) is 42.5 Å². The van der Waals surface area contributed by atoms with Gasteiger partial charge in [0.05, 0.1) is 5.56 Å². The third-order valence-electron chi connectivity index (χ3n) is 6.32. The Hall–Kier alpha value is -4.00. The highest BCUT2D eigenvalue weighted by Crippen LogP contribution is 2.26. The first kappa shape index (κ1) is 22.8. The lowest BCUT2D eigenvalue weighted by atomic mass is 9.88. The Kier molecular flexibility index (Phi) is 6.31. The van der Waals surface area contributed by atoms with E-state index in [9.17, 15) is 18.4 Å². The summed E-state index contributed by atoms with van der Waals surface area (Å²) < 4.78 is 39.0. The van der Waals surface area contributed by atoms with E-state index in [-0.39, 0.29) is 23.8 Å². The molecule has 1 amide bonds. The third kappa shape index (κ3) is 4.94. The molecule has 5 nitrogen and oxygen atoms in total. The Labute approximate surface area is 200 Å². The molecule has 0 bridgehead atoms. The first-order valence-electron chi connectivity index (χ1n) is 11.5. The second-order valence-electron chi connectivity index (χ2n) is 8.62. The number of Topliss-reactive ketones (excluding diaryl/α,β-unsaturated/α-hetero) is 1. The van der Waals surface area contributed by atoms with Gasteiger partial charge in [-0.1, -0.05) is 30.3 Å². The topological polar surface area (TPSA) is 59.8 Å². The Balaban J connectivity index is 1.17. The number of likely N-dealkylation sites (tertiary alicyclic amines) is 1. The van der Waals surface area contributed by atoms with Gasteiger partial charge in [0.15, 0.2) is 11.5 Å². The smallest absolute Gasteiger partial charge is 0.289 e. The van der Waals surface area contributed by atoms with Crippen LogP contribution in [0.25, 0.3) is 10.8 Å². The van der Waals surface area contributed by atoms with Crippen molar-refractivity contribution in [2.75, 3.05) is 13.1 Å². The lowest BCUT2D eigenvalue weighted by molar-refractivity contribution is 0.0620. The molecular formula is C28H23F2NO4. The van der Waals surface area contributed by atoms with Crippen molar-refractivity contribution in [3.05, 3.63) is 102 Å². The van der Waals surface area contributed by atoms with Crippen molar-refractivity contribution in [3.8, 4) is 5.75 Å². The Morgan fingerprint density at radius 1 is 0.914 bits per heavy atom. The minimum atomic E-state index is -0.732. The van der Waals surface area contributed by atoms with E-state index in [2.05, 4.69) is 0 Å². The van der Waals surface area contributed by atoms with Crippen LogP contribution in [0.1, 0.15) is 39.5 Å². The number of ether oxygens (including phenoxy) is 1. The number of rotatable bonds is 6. The van der Waals surface area contributed by atoms with E-state index in [4.69, 9.17) is 9.15 Å². The van der Waals surface area contributed by atoms with Gasteiger partial charge in [-0.05, 0) is 66.1 Å². The Bertz CT molecular complexity index is 1390. The van der Waals surface area contributed by atoms with Gasteiger partial charge >= 0.3 is 0 Å². The summed E-state index contributed by atoms with van der Waals surface area (Å²) in [5.41, 5.74) is -0.239. The van der Waals surface area contributed by atoms with Crippen LogP contribution in [0.5, 0.6) is 5.75 Å².